The Morgan fingerprint density at radius 1 is 1.53 bits per heavy atom. The molecule has 1 rings (SSSR count). The maximum absolute atomic E-state index is 13.7. The summed E-state index contributed by atoms with van der Waals surface area (Å²) >= 11 is 0. The van der Waals surface area contributed by atoms with Crippen LogP contribution < -0.4 is 0 Å². The lowest BCUT2D eigenvalue weighted by molar-refractivity contribution is -0.137. The molecule has 0 saturated carbocycles. The van der Waals surface area contributed by atoms with E-state index >= 15 is 0 Å². The molecular weight excluding hydrogens is 247 g/mol. The molecule has 0 heterocycles. The number of benzene rings is 1. The first kappa shape index (κ1) is 15.1. The third kappa shape index (κ3) is 4.68. The van der Waals surface area contributed by atoms with E-state index in [9.17, 15) is 9.18 Å². The zero-order valence-corrected chi connectivity index (χ0v) is 11.1. The molecule has 1 aromatic carbocycles. The Kier molecular flexibility index (Phi) is 5.46. The van der Waals surface area contributed by atoms with Gasteiger partial charge < -0.3 is 5.11 Å². The van der Waals surface area contributed by atoms with Crippen molar-refractivity contribution in [1.82, 2.24) is 4.90 Å². The Morgan fingerprint density at radius 2 is 2.21 bits per heavy atom. The van der Waals surface area contributed by atoms with E-state index in [1.54, 1.807) is 0 Å². The molecule has 1 N–H and O–H groups in total. The first-order valence-corrected chi connectivity index (χ1v) is 6.08. The van der Waals surface area contributed by atoms with Crippen molar-refractivity contribution in [3.63, 3.8) is 0 Å². The topological polar surface area (TPSA) is 64.3 Å². The maximum atomic E-state index is 13.7. The Labute approximate surface area is 112 Å². The second-order valence-electron chi connectivity index (χ2n) is 4.63. The Morgan fingerprint density at radius 3 is 2.74 bits per heavy atom. The van der Waals surface area contributed by atoms with Crippen LogP contribution in [0.15, 0.2) is 18.2 Å². The first-order valence-electron chi connectivity index (χ1n) is 6.08. The second kappa shape index (κ2) is 6.86. The summed E-state index contributed by atoms with van der Waals surface area (Å²) < 4.78 is 13.7. The Bertz CT molecular complexity index is 495. The van der Waals surface area contributed by atoms with Crippen molar-refractivity contribution in [3.8, 4) is 6.07 Å². The molecule has 19 heavy (non-hydrogen) atoms. The van der Waals surface area contributed by atoms with E-state index in [2.05, 4.69) is 0 Å². The van der Waals surface area contributed by atoms with Crippen LogP contribution in [0.4, 0.5) is 4.39 Å². The standard InChI is InChI=1S/C14H17FN2O2/c1-10(2)17(6-5-14(18)19)9-12-7-11(8-16)3-4-13(12)15/h3-4,7,10H,5-6,9H2,1-2H3,(H,18,19). The SMILES string of the molecule is CC(C)N(CCC(=O)O)Cc1cc(C#N)ccc1F. The predicted octanol–water partition coefficient (Wildman–Crippen LogP) is 2.38. The van der Waals surface area contributed by atoms with Crippen molar-refractivity contribution in [2.75, 3.05) is 6.54 Å². The number of carboxylic acids is 1. The van der Waals surface area contributed by atoms with Crippen molar-refractivity contribution in [2.24, 2.45) is 0 Å². The van der Waals surface area contributed by atoms with E-state index in [0.717, 1.165) is 0 Å². The van der Waals surface area contributed by atoms with Crippen molar-refractivity contribution in [1.29, 1.82) is 5.26 Å². The highest BCUT2D eigenvalue weighted by Crippen LogP contribution is 2.14. The zero-order valence-electron chi connectivity index (χ0n) is 11.1. The van der Waals surface area contributed by atoms with Crippen LogP contribution in [-0.4, -0.2) is 28.6 Å². The average molecular weight is 264 g/mol. The summed E-state index contributed by atoms with van der Waals surface area (Å²) in [5, 5.41) is 17.5. The summed E-state index contributed by atoms with van der Waals surface area (Å²) in [6.07, 6.45) is 0.0116. The molecule has 0 atom stereocenters. The van der Waals surface area contributed by atoms with Gasteiger partial charge in [0.1, 0.15) is 5.82 Å². The van der Waals surface area contributed by atoms with E-state index in [-0.39, 0.29) is 18.3 Å². The molecule has 0 aliphatic heterocycles. The minimum absolute atomic E-state index is 0.0116. The molecule has 0 spiro atoms. The summed E-state index contributed by atoms with van der Waals surface area (Å²) in [5.41, 5.74) is 0.816. The van der Waals surface area contributed by atoms with Gasteiger partial charge in [-0.1, -0.05) is 0 Å². The average Bonchev–Trinajstić information content (AvgIpc) is 2.35. The lowest BCUT2D eigenvalue weighted by Gasteiger charge is -2.26. The molecule has 0 saturated heterocycles. The number of rotatable bonds is 6. The molecule has 0 aliphatic carbocycles. The van der Waals surface area contributed by atoms with Gasteiger partial charge in [0.25, 0.3) is 0 Å². The van der Waals surface area contributed by atoms with Gasteiger partial charge in [-0.25, -0.2) is 4.39 Å². The Balaban J connectivity index is 2.84. The van der Waals surface area contributed by atoms with Gasteiger partial charge in [0.05, 0.1) is 18.1 Å². The highest BCUT2D eigenvalue weighted by molar-refractivity contribution is 5.66. The summed E-state index contributed by atoms with van der Waals surface area (Å²) in [4.78, 5) is 12.5. The molecule has 0 radical (unpaired) electrons. The van der Waals surface area contributed by atoms with Crippen LogP contribution in [-0.2, 0) is 11.3 Å². The lowest BCUT2D eigenvalue weighted by atomic mass is 10.1. The van der Waals surface area contributed by atoms with E-state index < -0.39 is 5.97 Å². The summed E-state index contributed by atoms with van der Waals surface area (Å²) in [5.74, 6) is -1.25. The molecule has 5 heteroatoms. The second-order valence-corrected chi connectivity index (χ2v) is 4.63. The number of nitriles is 1. The highest BCUT2D eigenvalue weighted by atomic mass is 19.1. The predicted molar refractivity (Wildman–Crippen MR) is 68.9 cm³/mol. The van der Waals surface area contributed by atoms with Crippen molar-refractivity contribution in [3.05, 3.63) is 35.1 Å². The minimum atomic E-state index is -0.878. The smallest absolute Gasteiger partial charge is 0.304 e. The van der Waals surface area contributed by atoms with Crippen LogP contribution >= 0.6 is 0 Å². The first-order chi connectivity index (χ1) is 8.93. The number of nitrogens with zero attached hydrogens (tertiary/aromatic N) is 2. The van der Waals surface area contributed by atoms with Crippen LogP contribution in [0.5, 0.6) is 0 Å². The van der Waals surface area contributed by atoms with Crippen molar-refractivity contribution >= 4 is 5.97 Å². The van der Waals surface area contributed by atoms with Gasteiger partial charge in [0.15, 0.2) is 0 Å². The molecule has 0 bridgehead atoms. The van der Waals surface area contributed by atoms with Crippen molar-refractivity contribution in [2.45, 2.75) is 32.9 Å². The molecule has 0 aromatic heterocycles. The monoisotopic (exact) mass is 264 g/mol. The van der Waals surface area contributed by atoms with Crippen molar-refractivity contribution < 1.29 is 14.3 Å². The third-order valence-electron chi connectivity index (χ3n) is 2.89. The number of carboxylic acid groups (broad SMARTS) is 1. The number of halogens is 1. The number of carbonyl (C=O) groups is 1. The molecule has 0 amide bonds. The molecule has 0 unspecified atom stereocenters. The molecule has 4 nitrogen and oxygen atoms in total. The fraction of sp³-hybridized carbons (Fsp3) is 0.429. The largest absolute Gasteiger partial charge is 0.481 e. The molecular formula is C14H17FN2O2. The number of hydrogen-bond acceptors (Lipinski definition) is 3. The lowest BCUT2D eigenvalue weighted by Crippen LogP contribution is -2.32. The van der Waals surface area contributed by atoms with Gasteiger partial charge in [-0.15, -0.1) is 0 Å². The van der Waals surface area contributed by atoms with Gasteiger partial charge >= 0.3 is 5.97 Å². The Hall–Kier alpha value is -1.93. The highest BCUT2D eigenvalue weighted by Gasteiger charge is 2.14. The van der Waals surface area contributed by atoms with Crippen LogP contribution in [0.2, 0.25) is 0 Å². The van der Waals surface area contributed by atoms with E-state index in [4.69, 9.17) is 10.4 Å². The van der Waals surface area contributed by atoms with E-state index in [1.807, 2.05) is 24.8 Å². The van der Waals surface area contributed by atoms with Gasteiger partial charge in [0, 0.05) is 24.7 Å². The summed E-state index contributed by atoms with van der Waals surface area (Å²) in [6.45, 7) is 4.50. The van der Waals surface area contributed by atoms with E-state index in [0.29, 0.717) is 24.2 Å². The van der Waals surface area contributed by atoms with Crippen LogP contribution in [0.25, 0.3) is 0 Å². The number of hydrogen-bond donors (Lipinski definition) is 1. The summed E-state index contributed by atoms with van der Waals surface area (Å²) in [7, 11) is 0. The maximum Gasteiger partial charge on any atom is 0.304 e. The normalized spacial score (nSPS) is 10.7. The number of aliphatic carboxylic acids is 1. The molecule has 102 valence electrons. The fourth-order valence-electron chi connectivity index (χ4n) is 1.74. The molecule has 0 aliphatic rings. The van der Waals surface area contributed by atoms with Crippen LogP contribution in [0.3, 0.4) is 0 Å². The van der Waals surface area contributed by atoms with Crippen LogP contribution in [0, 0.1) is 17.1 Å². The van der Waals surface area contributed by atoms with Gasteiger partial charge in [-0.05, 0) is 32.0 Å². The fourth-order valence-corrected chi connectivity index (χ4v) is 1.74. The molecule has 0 fully saturated rings. The van der Waals surface area contributed by atoms with Gasteiger partial charge in [-0.3, -0.25) is 9.69 Å². The summed E-state index contributed by atoms with van der Waals surface area (Å²) in [6, 6.07) is 6.27. The quantitative estimate of drug-likeness (QED) is 0.856. The van der Waals surface area contributed by atoms with Gasteiger partial charge in [-0.2, -0.15) is 5.26 Å². The van der Waals surface area contributed by atoms with E-state index in [1.165, 1.54) is 18.2 Å². The zero-order chi connectivity index (χ0) is 14.4. The third-order valence-corrected chi connectivity index (χ3v) is 2.89. The van der Waals surface area contributed by atoms with Gasteiger partial charge in [0.2, 0.25) is 0 Å². The molecule has 1 aromatic rings. The van der Waals surface area contributed by atoms with Crippen LogP contribution in [0.1, 0.15) is 31.4 Å². The minimum Gasteiger partial charge on any atom is -0.481 e.